The normalized spacial score (nSPS) is 10.6. The maximum Gasteiger partial charge on any atom is 0.309 e. The maximum atomic E-state index is 13.1. The highest BCUT2D eigenvalue weighted by molar-refractivity contribution is 5.75. The molecule has 0 amide bonds. The first-order valence-corrected chi connectivity index (χ1v) is 5.17. The Bertz CT molecular complexity index is 608. The summed E-state index contributed by atoms with van der Waals surface area (Å²) in [7, 11) is 1.60. The summed E-state index contributed by atoms with van der Waals surface area (Å²) in [5.74, 6) is -2.93. The fraction of sp³-hybridized carbons (Fsp3) is 0.167. The molecule has 0 radical (unpaired) electrons. The predicted molar refractivity (Wildman–Crippen MR) is 59.9 cm³/mol. The molecule has 1 heterocycles. The number of aromatic nitrogens is 2. The Hall–Kier alpha value is -2.24. The topological polar surface area (TPSA) is 55.1 Å². The zero-order valence-electron chi connectivity index (χ0n) is 9.52. The van der Waals surface area contributed by atoms with Crippen molar-refractivity contribution in [2.75, 3.05) is 0 Å². The van der Waals surface area contributed by atoms with E-state index >= 15 is 0 Å². The second-order valence-corrected chi connectivity index (χ2v) is 3.83. The molecule has 0 spiro atoms. The summed E-state index contributed by atoms with van der Waals surface area (Å²) in [6.07, 6.45) is 1.20. The SMILES string of the molecule is Cn1ncc(-c2ccc(F)c(F)c2)c1CC(=O)O. The molecule has 2 rings (SSSR count). The van der Waals surface area contributed by atoms with E-state index in [9.17, 15) is 13.6 Å². The van der Waals surface area contributed by atoms with Crippen molar-refractivity contribution in [2.45, 2.75) is 6.42 Å². The van der Waals surface area contributed by atoms with Gasteiger partial charge < -0.3 is 5.11 Å². The Morgan fingerprint density at radius 2 is 2.11 bits per heavy atom. The summed E-state index contributed by atoms with van der Waals surface area (Å²) in [5.41, 5.74) is 1.32. The van der Waals surface area contributed by atoms with Crippen molar-refractivity contribution in [2.24, 2.45) is 7.05 Å². The number of rotatable bonds is 3. The van der Waals surface area contributed by atoms with Gasteiger partial charge in [-0.25, -0.2) is 8.78 Å². The van der Waals surface area contributed by atoms with Gasteiger partial charge in [0.2, 0.25) is 0 Å². The summed E-state index contributed by atoms with van der Waals surface area (Å²) in [6.45, 7) is 0. The molecule has 1 aromatic heterocycles. The second-order valence-electron chi connectivity index (χ2n) is 3.83. The number of aryl methyl sites for hydroxylation is 1. The lowest BCUT2D eigenvalue weighted by atomic mass is 10.0. The number of halogens is 2. The molecule has 0 unspecified atom stereocenters. The summed E-state index contributed by atoms with van der Waals surface area (Å²) < 4.78 is 27.4. The van der Waals surface area contributed by atoms with Crippen LogP contribution in [-0.2, 0) is 18.3 Å². The van der Waals surface area contributed by atoms with Crippen LogP contribution in [0.1, 0.15) is 5.69 Å². The summed E-state index contributed by atoms with van der Waals surface area (Å²) in [6, 6.07) is 3.42. The molecule has 18 heavy (non-hydrogen) atoms. The Morgan fingerprint density at radius 1 is 1.39 bits per heavy atom. The number of aliphatic carboxylic acids is 1. The zero-order chi connectivity index (χ0) is 13.3. The molecule has 0 atom stereocenters. The average molecular weight is 252 g/mol. The maximum absolute atomic E-state index is 13.1. The van der Waals surface area contributed by atoms with Gasteiger partial charge >= 0.3 is 5.97 Å². The van der Waals surface area contributed by atoms with Crippen LogP contribution in [0.15, 0.2) is 24.4 Å². The molecular formula is C12H10F2N2O2. The molecule has 0 aliphatic rings. The highest BCUT2D eigenvalue weighted by Crippen LogP contribution is 2.25. The van der Waals surface area contributed by atoms with Crippen molar-refractivity contribution in [3.8, 4) is 11.1 Å². The van der Waals surface area contributed by atoms with E-state index in [1.165, 1.54) is 16.9 Å². The van der Waals surface area contributed by atoms with Crippen molar-refractivity contribution in [1.29, 1.82) is 0 Å². The molecule has 94 valence electrons. The van der Waals surface area contributed by atoms with Crippen LogP contribution in [0, 0.1) is 11.6 Å². The van der Waals surface area contributed by atoms with E-state index in [1.54, 1.807) is 7.05 Å². The largest absolute Gasteiger partial charge is 0.481 e. The third kappa shape index (κ3) is 2.22. The number of carboxylic acids is 1. The number of hydrogen-bond acceptors (Lipinski definition) is 2. The monoisotopic (exact) mass is 252 g/mol. The van der Waals surface area contributed by atoms with E-state index in [0.717, 1.165) is 12.1 Å². The van der Waals surface area contributed by atoms with Gasteiger partial charge in [0, 0.05) is 12.6 Å². The van der Waals surface area contributed by atoms with Crippen LogP contribution in [0.2, 0.25) is 0 Å². The minimum Gasteiger partial charge on any atom is -0.481 e. The summed E-state index contributed by atoms with van der Waals surface area (Å²) in [5, 5.41) is 12.7. The number of carboxylic acid groups (broad SMARTS) is 1. The summed E-state index contributed by atoms with van der Waals surface area (Å²) >= 11 is 0. The van der Waals surface area contributed by atoms with E-state index in [1.807, 2.05) is 0 Å². The molecule has 1 N–H and O–H groups in total. The first kappa shape index (κ1) is 12.2. The standard InChI is InChI=1S/C12H10F2N2O2/c1-16-11(5-12(17)18)8(6-15-16)7-2-3-9(13)10(14)4-7/h2-4,6H,5H2,1H3,(H,17,18). The van der Waals surface area contributed by atoms with E-state index in [0.29, 0.717) is 16.8 Å². The van der Waals surface area contributed by atoms with E-state index in [4.69, 9.17) is 5.11 Å². The first-order valence-electron chi connectivity index (χ1n) is 5.17. The third-order valence-electron chi connectivity index (χ3n) is 2.61. The number of hydrogen-bond donors (Lipinski definition) is 1. The van der Waals surface area contributed by atoms with Crippen molar-refractivity contribution in [3.05, 3.63) is 41.7 Å². The van der Waals surface area contributed by atoms with Gasteiger partial charge in [-0.05, 0) is 17.7 Å². The van der Waals surface area contributed by atoms with Crippen LogP contribution < -0.4 is 0 Å². The van der Waals surface area contributed by atoms with Crippen LogP contribution in [0.3, 0.4) is 0 Å². The van der Waals surface area contributed by atoms with Crippen LogP contribution in [0.5, 0.6) is 0 Å². The van der Waals surface area contributed by atoms with E-state index in [2.05, 4.69) is 5.10 Å². The van der Waals surface area contributed by atoms with Crippen molar-refractivity contribution in [3.63, 3.8) is 0 Å². The molecule has 0 saturated carbocycles. The van der Waals surface area contributed by atoms with Gasteiger partial charge in [-0.1, -0.05) is 6.07 Å². The lowest BCUT2D eigenvalue weighted by molar-refractivity contribution is -0.136. The molecular weight excluding hydrogens is 242 g/mol. The molecule has 0 saturated heterocycles. The van der Waals surface area contributed by atoms with Gasteiger partial charge in [-0.2, -0.15) is 5.10 Å². The molecule has 0 aliphatic heterocycles. The van der Waals surface area contributed by atoms with Crippen molar-refractivity contribution >= 4 is 5.97 Å². The number of carbonyl (C=O) groups is 1. The van der Waals surface area contributed by atoms with Gasteiger partial charge in [0.1, 0.15) is 0 Å². The molecule has 0 aliphatic carbocycles. The van der Waals surface area contributed by atoms with Gasteiger partial charge in [0.25, 0.3) is 0 Å². The van der Waals surface area contributed by atoms with Gasteiger partial charge in [0.05, 0.1) is 18.3 Å². The highest BCUT2D eigenvalue weighted by atomic mass is 19.2. The Morgan fingerprint density at radius 3 is 2.72 bits per heavy atom. The molecule has 6 heteroatoms. The lowest BCUT2D eigenvalue weighted by Crippen LogP contribution is -2.07. The third-order valence-corrected chi connectivity index (χ3v) is 2.61. The van der Waals surface area contributed by atoms with Gasteiger partial charge in [-0.15, -0.1) is 0 Å². The Labute approximate surface area is 101 Å². The van der Waals surface area contributed by atoms with Crippen LogP contribution in [0.4, 0.5) is 8.78 Å². The molecule has 0 fully saturated rings. The van der Waals surface area contributed by atoms with Crippen molar-refractivity contribution in [1.82, 2.24) is 9.78 Å². The lowest BCUT2D eigenvalue weighted by Gasteiger charge is -2.04. The van der Waals surface area contributed by atoms with Crippen LogP contribution >= 0.6 is 0 Å². The fourth-order valence-electron chi connectivity index (χ4n) is 1.72. The molecule has 0 bridgehead atoms. The van der Waals surface area contributed by atoms with Crippen LogP contribution in [-0.4, -0.2) is 20.9 Å². The first-order chi connectivity index (χ1) is 8.49. The number of benzene rings is 1. The summed E-state index contributed by atoms with van der Waals surface area (Å²) in [4.78, 5) is 10.7. The quantitative estimate of drug-likeness (QED) is 0.908. The smallest absolute Gasteiger partial charge is 0.309 e. The van der Waals surface area contributed by atoms with Gasteiger partial charge in [0.15, 0.2) is 11.6 Å². The number of nitrogens with zero attached hydrogens (tertiary/aromatic N) is 2. The highest BCUT2D eigenvalue weighted by Gasteiger charge is 2.15. The fourth-order valence-corrected chi connectivity index (χ4v) is 1.72. The second kappa shape index (κ2) is 4.56. The zero-order valence-corrected chi connectivity index (χ0v) is 9.52. The van der Waals surface area contributed by atoms with Gasteiger partial charge in [-0.3, -0.25) is 9.48 Å². The van der Waals surface area contributed by atoms with Crippen LogP contribution in [0.25, 0.3) is 11.1 Å². The van der Waals surface area contributed by atoms with Crippen molar-refractivity contribution < 1.29 is 18.7 Å². The Kier molecular flexibility index (Phi) is 3.10. The molecule has 2 aromatic rings. The Balaban J connectivity index is 2.50. The molecule has 4 nitrogen and oxygen atoms in total. The predicted octanol–water partition coefficient (Wildman–Crippen LogP) is 1.99. The minimum atomic E-state index is -1.01. The van der Waals surface area contributed by atoms with E-state index < -0.39 is 17.6 Å². The minimum absolute atomic E-state index is 0.231. The molecule has 1 aromatic carbocycles. The average Bonchev–Trinajstić information content (AvgIpc) is 2.64. The van der Waals surface area contributed by atoms with E-state index in [-0.39, 0.29) is 6.42 Å².